The van der Waals surface area contributed by atoms with Gasteiger partial charge < -0.3 is 9.64 Å². The molecule has 0 atom stereocenters. The van der Waals surface area contributed by atoms with E-state index in [2.05, 4.69) is 0 Å². The summed E-state index contributed by atoms with van der Waals surface area (Å²) in [6, 6.07) is 11.5. The van der Waals surface area contributed by atoms with Gasteiger partial charge in [-0.2, -0.15) is 0 Å². The van der Waals surface area contributed by atoms with Gasteiger partial charge in [0, 0.05) is 12.2 Å². The molecule has 2 aromatic carbocycles. The monoisotopic (exact) mass is 291 g/mol. The molecule has 0 aromatic heterocycles. The molecule has 0 N–H and O–H groups in total. The molecule has 0 unspecified atom stereocenters. The molecule has 1 amide bonds. The van der Waals surface area contributed by atoms with Crippen LogP contribution in [-0.4, -0.2) is 19.1 Å². The standard InChI is InChI=1S/C16H15F2NO2/c1-2-19(13-9-7-12(17)8-10-13)16(20)11-21-15-6-4-3-5-14(15)18/h3-10H,2,11H2,1H3. The van der Waals surface area contributed by atoms with Crippen LogP contribution in [0.5, 0.6) is 5.75 Å². The van der Waals surface area contributed by atoms with E-state index in [1.54, 1.807) is 19.1 Å². The van der Waals surface area contributed by atoms with Crippen LogP contribution in [0, 0.1) is 11.6 Å². The van der Waals surface area contributed by atoms with Crippen molar-refractivity contribution in [2.24, 2.45) is 0 Å². The number of amides is 1. The summed E-state index contributed by atoms with van der Waals surface area (Å²) in [4.78, 5) is 13.6. The van der Waals surface area contributed by atoms with Gasteiger partial charge in [-0.25, -0.2) is 8.78 Å². The van der Waals surface area contributed by atoms with E-state index in [0.717, 1.165) is 0 Å². The van der Waals surface area contributed by atoms with Crippen molar-refractivity contribution in [3.8, 4) is 5.75 Å². The lowest BCUT2D eigenvalue weighted by Crippen LogP contribution is -2.34. The van der Waals surface area contributed by atoms with Gasteiger partial charge in [0.05, 0.1) is 0 Å². The number of benzene rings is 2. The summed E-state index contributed by atoms with van der Waals surface area (Å²) in [5.74, 6) is -1.19. The zero-order chi connectivity index (χ0) is 15.2. The maximum absolute atomic E-state index is 13.4. The van der Waals surface area contributed by atoms with Crippen LogP contribution in [-0.2, 0) is 4.79 Å². The number of nitrogens with zero attached hydrogens (tertiary/aromatic N) is 1. The highest BCUT2D eigenvalue weighted by Gasteiger charge is 2.15. The first kappa shape index (κ1) is 15.0. The van der Waals surface area contributed by atoms with Crippen LogP contribution in [0.4, 0.5) is 14.5 Å². The van der Waals surface area contributed by atoms with Gasteiger partial charge in [-0.1, -0.05) is 12.1 Å². The number of anilines is 1. The summed E-state index contributed by atoms with van der Waals surface area (Å²) in [5, 5.41) is 0. The van der Waals surface area contributed by atoms with Crippen LogP contribution >= 0.6 is 0 Å². The normalized spacial score (nSPS) is 10.2. The van der Waals surface area contributed by atoms with Crippen LogP contribution in [0.25, 0.3) is 0 Å². The second-order valence-corrected chi connectivity index (χ2v) is 4.33. The van der Waals surface area contributed by atoms with E-state index in [0.29, 0.717) is 12.2 Å². The molecule has 0 saturated heterocycles. The van der Waals surface area contributed by atoms with Gasteiger partial charge in [0.2, 0.25) is 0 Å². The topological polar surface area (TPSA) is 29.5 Å². The van der Waals surface area contributed by atoms with Gasteiger partial charge in [-0.3, -0.25) is 4.79 Å². The smallest absolute Gasteiger partial charge is 0.264 e. The molecule has 5 heteroatoms. The predicted molar refractivity (Wildman–Crippen MR) is 76.3 cm³/mol. The minimum atomic E-state index is -0.518. The average Bonchev–Trinajstić information content (AvgIpc) is 2.49. The Labute approximate surface area is 121 Å². The highest BCUT2D eigenvalue weighted by molar-refractivity contribution is 5.94. The fraction of sp³-hybridized carbons (Fsp3) is 0.188. The second kappa shape index (κ2) is 6.83. The molecule has 0 aliphatic heterocycles. The fourth-order valence-electron chi connectivity index (χ4n) is 1.90. The number of ether oxygens (including phenoxy) is 1. The number of hydrogen-bond donors (Lipinski definition) is 0. The molecular weight excluding hydrogens is 276 g/mol. The van der Waals surface area contributed by atoms with E-state index in [4.69, 9.17) is 4.74 Å². The first-order valence-electron chi connectivity index (χ1n) is 6.55. The molecule has 3 nitrogen and oxygen atoms in total. The van der Waals surface area contributed by atoms with Crippen molar-refractivity contribution in [2.75, 3.05) is 18.1 Å². The lowest BCUT2D eigenvalue weighted by molar-refractivity contribution is -0.120. The first-order valence-corrected chi connectivity index (χ1v) is 6.55. The molecule has 0 saturated carbocycles. The van der Waals surface area contributed by atoms with Crippen molar-refractivity contribution in [3.05, 3.63) is 60.2 Å². The van der Waals surface area contributed by atoms with Gasteiger partial charge in [0.15, 0.2) is 18.2 Å². The molecule has 0 radical (unpaired) electrons. The lowest BCUT2D eigenvalue weighted by Gasteiger charge is -2.21. The summed E-state index contributed by atoms with van der Waals surface area (Å²) in [7, 11) is 0. The van der Waals surface area contributed by atoms with Crippen LogP contribution in [0.2, 0.25) is 0 Å². The molecule has 110 valence electrons. The third-order valence-corrected chi connectivity index (χ3v) is 2.94. The number of halogens is 2. The SMILES string of the molecule is CCN(C(=O)COc1ccccc1F)c1ccc(F)cc1. The van der Waals surface area contributed by atoms with Gasteiger partial charge in [0.1, 0.15) is 5.82 Å². The van der Waals surface area contributed by atoms with E-state index < -0.39 is 5.82 Å². The molecule has 0 aliphatic carbocycles. The highest BCUT2D eigenvalue weighted by Crippen LogP contribution is 2.17. The quantitative estimate of drug-likeness (QED) is 0.845. The van der Waals surface area contributed by atoms with Crippen molar-refractivity contribution in [1.29, 1.82) is 0 Å². The third kappa shape index (κ3) is 3.78. The van der Waals surface area contributed by atoms with E-state index in [1.165, 1.54) is 41.3 Å². The van der Waals surface area contributed by atoms with Crippen molar-refractivity contribution in [1.82, 2.24) is 0 Å². The number of hydrogen-bond acceptors (Lipinski definition) is 2. The number of carbonyl (C=O) groups is 1. The highest BCUT2D eigenvalue weighted by atomic mass is 19.1. The first-order chi connectivity index (χ1) is 10.1. The Morgan fingerprint density at radius 3 is 2.38 bits per heavy atom. The predicted octanol–water partition coefficient (Wildman–Crippen LogP) is 3.40. The summed E-state index contributed by atoms with van der Waals surface area (Å²) < 4.78 is 31.5. The van der Waals surface area contributed by atoms with E-state index in [-0.39, 0.29) is 24.1 Å². The van der Waals surface area contributed by atoms with Crippen LogP contribution in [0.1, 0.15) is 6.92 Å². The molecule has 2 rings (SSSR count). The Morgan fingerprint density at radius 1 is 1.10 bits per heavy atom. The Kier molecular flexibility index (Phi) is 4.87. The van der Waals surface area contributed by atoms with E-state index in [1.807, 2.05) is 0 Å². The molecule has 2 aromatic rings. The molecule has 0 spiro atoms. The molecule has 0 fully saturated rings. The summed E-state index contributed by atoms with van der Waals surface area (Å²) >= 11 is 0. The van der Waals surface area contributed by atoms with Gasteiger partial charge in [-0.15, -0.1) is 0 Å². The van der Waals surface area contributed by atoms with Crippen molar-refractivity contribution >= 4 is 11.6 Å². The van der Waals surface area contributed by atoms with Crippen LogP contribution < -0.4 is 9.64 Å². The van der Waals surface area contributed by atoms with Gasteiger partial charge >= 0.3 is 0 Å². The maximum Gasteiger partial charge on any atom is 0.264 e. The maximum atomic E-state index is 13.4. The van der Waals surface area contributed by atoms with Gasteiger partial charge in [0.25, 0.3) is 5.91 Å². The molecule has 21 heavy (non-hydrogen) atoms. The molecule has 0 aliphatic rings. The van der Waals surface area contributed by atoms with Crippen LogP contribution in [0.15, 0.2) is 48.5 Å². The summed E-state index contributed by atoms with van der Waals surface area (Å²) in [5.41, 5.74) is 0.570. The Hall–Kier alpha value is -2.43. The second-order valence-electron chi connectivity index (χ2n) is 4.33. The zero-order valence-corrected chi connectivity index (χ0v) is 11.6. The number of likely N-dealkylation sites (N-methyl/N-ethyl adjacent to an activating group) is 1. The largest absolute Gasteiger partial charge is 0.481 e. The van der Waals surface area contributed by atoms with E-state index in [9.17, 15) is 13.6 Å². The molecule has 0 bridgehead atoms. The number of para-hydroxylation sites is 1. The van der Waals surface area contributed by atoms with Gasteiger partial charge in [-0.05, 0) is 43.3 Å². The number of rotatable bonds is 5. The minimum Gasteiger partial charge on any atom is -0.481 e. The Bertz CT molecular complexity index is 614. The molecular formula is C16H15F2NO2. The molecule has 0 heterocycles. The fourth-order valence-corrected chi connectivity index (χ4v) is 1.90. The summed E-state index contributed by atoms with van der Waals surface area (Å²) in [6.07, 6.45) is 0. The minimum absolute atomic E-state index is 0.0287. The third-order valence-electron chi connectivity index (χ3n) is 2.94. The summed E-state index contributed by atoms with van der Waals surface area (Å²) in [6.45, 7) is 1.92. The zero-order valence-electron chi connectivity index (χ0n) is 11.6. The van der Waals surface area contributed by atoms with Crippen molar-refractivity contribution in [2.45, 2.75) is 6.92 Å². The number of carbonyl (C=O) groups excluding carboxylic acids is 1. The lowest BCUT2D eigenvalue weighted by atomic mass is 10.2. The van der Waals surface area contributed by atoms with Crippen molar-refractivity contribution < 1.29 is 18.3 Å². The Balaban J connectivity index is 2.04. The van der Waals surface area contributed by atoms with E-state index >= 15 is 0 Å². The van der Waals surface area contributed by atoms with Crippen molar-refractivity contribution in [3.63, 3.8) is 0 Å². The van der Waals surface area contributed by atoms with Crippen LogP contribution in [0.3, 0.4) is 0 Å². The Morgan fingerprint density at radius 2 is 1.76 bits per heavy atom. The average molecular weight is 291 g/mol.